The zero-order chi connectivity index (χ0) is 14.9. The van der Waals surface area contributed by atoms with Crippen LogP contribution >= 0.6 is 0 Å². The number of carbonyl (C=O) groups is 1. The zero-order valence-corrected chi connectivity index (χ0v) is 12.0. The van der Waals surface area contributed by atoms with Crippen LogP contribution in [0.25, 0.3) is 0 Å². The van der Waals surface area contributed by atoms with Crippen LogP contribution in [0.3, 0.4) is 0 Å². The van der Waals surface area contributed by atoms with Gasteiger partial charge in [0.15, 0.2) is 0 Å². The minimum Gasteiger partial charge on any atom is -0.496 e. The van der Waals surface area contributed by atoms with Crippen molar-refractivity contribution in [2.45, 2.75) is 13.1 Å². The van der Waals surface area contributed by atoms with Crippen LogP contribution < -0.4 is 15.4 Å². The highest BCUT2D eigenvalue weighted by Crippen LogP contribution is 2.16. The highest BCUT2D eigenvalue weighted by molar-refractivity contribution is 5.78. The van der Waals surface area contributed by atoms with Gasteiger partial charge in [-0.3, -0.25) is 9.78 Å². The lowest BCUT2D eigenvalue weighted by atomic mass is 10.2. The Morgan fingerprint density at radius 2 is 1.90 bits per heavy atom. The first-order valence-corrected chi connectivity index (χ1v) is 6.78. The number of hydrogen-bond donors (Lipinski definition) is 2. The van der Waals surface area contributed by atoms with E-state index in [0.29, 0.717) is 13.1 Å². The molecular formula is C16H19N3O2. The molecule has 1 aromatic heterocycles. The summed E-state index contributed by atoms with van der Waals surface area (Å²) >= 11 is 0. The molecule has 1 aromatic carbocycles. The van der Waals surface area contributed by atoms with Crippen LogP contribution in [0.15, 0.2) is 48.8 Å². The molecule has 5 heteroatoms. The van der Waals surface area contributed by atoms with Gasteiger partial charge in [-0.2, -0.15) is 0 Å². The van der Waals surface area contributed by atoms with E-state index in [1.807, 2.05) is 36.4 Å². The standard InChI is InChI=1S/C16H19N3O2/c1-21-15-5-3-2-4-14(15)11-19-16(20)12-18-10-13-6-8-17-9-7-13/h2-9,18H,10-12H2,1H3,(H,19,20). The quantitative estimate of drug-likeness (QED) is 0.809. The molecule has 0 aliphatic heterocycles. The maximum atomic E-state index is 11.8. The Bertz CT molecular complexity index is 573. The Kier molecular flexibility index (Phi) is 5.72. The molecule has 2 N–H and O–H groups in total. The molecular weight excluding hydrogens is 266 g/mol. The summed E-state index contributed by atoms with van der Waals surface area (Å²) in [6.45, 7) is 1.38. The SMILES string of the molecule is COc1ccccc1CNC(=O)CNCc1ccncc1. The highest BCUT2D eigenvalue weighted by Gasteiger charge is 2.04. The van der Waals surface area contributed by atoms with Gasteiger partial charge in [0.1, 0.15) is 5.75 Å². The van der Waals surface area contributed by atoms with E-state index < -0.39 is 0 Å². The topological polar surface area (TPSA) is 63.2 Å². The summed E-state index contributed by atoms with van der Waals surface area (Å²) in [6, 6.07) is 11.5. The van der Waals surface area contributed by atoms with Crippen molar-refractivity contribution in [1.82, 2.24) is 15.6 Å². The molecule has 0 aliphatic carbocycles. The smallest absolute Gasteiger partial charge is 0.234 e. The second kappa shape index (κ2) is 8.01. The number of hydrogen-bond acceptors (Lipinski definition) is 4. The predicted octanol–water partition coefficient (Wildman–Crippen LogP) is 1.50. The van der Waals surface area contributed by atoms with E-state index in [1.165, 1.54) is 0 Å². The summed E-state index contributed by atoms with van der Waals surface area (Å²) < 4.78 is 5.24. The van der Waals surface area contributed by atoms with Crippen molar-refractivity contribution in [3.8, 4) is 5.75 Å². The molecule has 2 aromatic rings. The minimum absolute atomic E-state index is 0.0463. The molecule has 1 amide bonds. The van der Waals surface area contributed by atoms with E-state index in [0.717, 1.165) is 16.9 Å². The Hall–Kier alpha value is -2.40. The molecule has 0 saturated carbocycles. The number of rotatable bonds is 7. The van der Waals surface area contributed by atoms with Gasteiger partial charge >= 0.3 is 0 Å². The van der Waals surface area contributed by atoms with E-state index in [9.17, 15) is 4.79 Å². The van der Waals surface area contributed by atoms with Crippen molar-refractivity contribution < 1.29 is 9.53 Å². The van der Waals surface area contributed by atoms with E-state index >= 15 is 0 Å². The van der Waals surface area contributed by atoms with Crippen LogP contribution in [0.4, 0.5) is 0 Å². The number of benzene rings is 1. The number of nitrogens with one attached hydrogen (secondary N) is 2. The summed E-state index contributed by atoms with van der Waals surface area (Å²) in [5.41, 5.74) is 2.06. The molecule has 0 bridgehead atoms. The second-order valence-electron chi connectivity index (χ2n) is 4.55. The fourth-order valence-corrected chi connectivity index (χ4v) is 1.93. The fraction of sp³-hybridized carbons (Fsp3) is 0.250. The van der Waals surface area contributed by atoms with Crippen LogP contribution in [0, 0.1) is 0 Å². The minimum atomic E-state index is -0.0463. The monoisotopic (exact) mass is 285 g/mol. The van der Waals surface area contributed by atoms with Gasteiger partial charge in [0.25, 0.3) is 0 Å². The number of methoxy groups -OCH3 is 1. The van der Waals surface area contributed by atoms with Crippen molar-refractivity contribution in [1.29, 1.82) is 0 Å². The molecule has 0 unspecified atom stereocenters. The Morgan fingerprint density at radius 1 is 1.14 bits per heavy atom. The molecule has 2 rings (SSSR count). The third-order valence-corrected chi connectivity index (χ3v) is 3.03. The summed E-state index contributed by atoms with van der Waals surface area (Å²) in [6.07, 6.45) is 3.47. The van der Waals surface area contributed by atoms with Gasteiger partial charge in [-0.1, -0.05) is 18.2 Å². The molecule has 0 fully saturated rings. The van der Waals surface area contributed by atoms with Gasteiger partial charge < -0.3 is 15.4 Å². The normalized spacial score (nSPS) is 10.1. The largest absolute Gasteiger partial charge is 0.496 e. The molecule has 0 saturated heterocycles. The van der Waals surface area contributed by atoms with Crippen LogP contribution in [-0.2, 0) is 17.9 Å². The molecule has 5 nitrogen and oxygen atoms in total. The molecule has 0 aliphatic rings. The van der Waals surface area contributed by atoms with Crippen molar-refractivity contribution in [2.24, 2.45) is 0 Å². The van der Waals surface area contributed by atoms with Crippen molar-refractivity contribution in [2.75, 3.05) is 13.7 Å². The Balaban J connectivity index is 1.72. The Morgan fingerprint density at radius 3 is 2.67 bits per heavy atom. The predicted molar refractivity (Wildman–Crippen MR) is 80.8 cm³/mol. The Labute approximate surface area is 124 Å². The third kappa shape index (κ3) is 4.89. The first-order valence-electron chi connectivity index (χ1n) is 6.78. The van der Waals surface area contributed by atoms with Gasteiger partial charge in [-0.05, 0) is 23.8 Å². The lowest BCUT2D eigenvalue weighted by Gasteiger charge is -2.10. The molecule has 21 heavy (non-hydrogen) atoms. The number of pyridine rings is 1. The lowest BCUT2D eigenvalue weighted by molar-refractivity contribution is -0.120. The van der Waals surface area contributed by atoms with Gasteiger partial charge in [-0.25, -0.2) is 0 Å². The molecule has 0 radical (unpaired) electrons. The van der Waals surface area contributed by atoms with E-state index in [-0.39, 0.29) is 12.5 Å². The van der Waals surface area contributed by atoms with Gasteiger partial charge in [0, 0.05) is 31.0 Å². The number of ether oxygens (including phenoxy) is 1. The third-order valence-electron chi connectivity index (χ3n) is 3.03. The number of carbonyl (C=O) groups excluding carboxylic acids is 1. The molecule has 0 spiro atoms. The fourth-order valence-electron chi connectivity index (χ4n) is 1.93. The van der Waals surface area contributed by atoms with Crippen molar-refractivity contribution >= 4 is 5.91 Å². The first-order chi connectivity index (χ1) is 10.3. The van der Waals surface area contributed by atoms with E-state index in [1.54, 1.807) is 19.5 Å². The summed E-state index contributed by atoms with van der Waals surface area (Å²) in [4.78, 5) is 15.7. The van der Waals surface area contributed by atoms with E-state index in [2.05, 4.69) is 15.6 Å². The van der Waals surface area contributed by atoms with E-state index in [4.69, 9.17) is 4.74 Å². The average molecular weight is 285 g/mol. The summed E-state index contributed by atoms with van der Waals surface area (Å²) in [5, 5.41) is 5.96. The number of nitrogens with zero attached hydrogens (tertiary/aromatic N) is 1. The van der Waals surface area contributed by atoms with Gasteiger partial charge in [0.2, 0.25) is 5.91 Å². The van der Waals surface area contributed by atoms with Crippen molar-refractivity contribution in [3.05, 3.63) is 59.9 Å². The number of aromatic nitrogens is 1. The first kappa shape index (κ1) is 15.0. The maximum absolute atomic E-state index is 11.8. The average Bonchev–Trinajstić information content (AvgIpc) is 2.54. The van der Waals surface area contributed by atoms with Crippen LogP contribution in [0.2, 0.25) is 0 Å². The number of amides is 1. The molecule has 110 valence electrons. The number of para-hydroxylation sites is 1. The second-order valence-corrected chi connectivity index (χ2v) is 4.55. The zero-order valence-electron chi connectivity index (χ0n) is 12.0. The van der Waals surface area contributed by atoms with Crippen LogP contribution in [-0.4, -0.2) is 24.5 Å². The van der Waals surface area contributed by atoms with Gasteiger partial charge in [-0.15, -0.1) is 0 Å². The van der Waals surface area contributed by atoms with Crippen LogP contribution in [0.5, 0.6) is 5.75 Å². The molecule has 0 atom stereocenters. The maximum Gasteiger partial charge on any atom is 0.234 e. The summed E-state index contributed by atoms with van der Waals surface area (Å²) in [5.74, 6) is 0.734. The summed E-state index contributed by atoms with van der Waals surface area (Å²) in [7, 11) is 1.62. The van der Waals surface area contributed by atoms with Gasteiger partial charge in [0.05, 0.1) is 13.7 Å². The van der Waals surface area contributed by atoms with Crippen LogP contribution in [0.1, 0.15) is 11.1 Å². The molecule has 1 heterocycles. The highest BCUT2D eigenvalue weighted by atomic mass is 16.5. The van der Waals surface area contributed by atoms with Crippen molar-refractivity contribution in [3.63, 3.8) is 0 Å². The lowest BCUT2D eigenvalue weighted by Crippen LogP contribution is -2.33.